The first-order valence-electron chi connectivity index (χ1n) is 18.0. The number of nitrogens with one attached hydrogen (secondary N) is 2. The van der Waals surface area contributed by atoms with Gasteiger partial charge in [-0.15, -0.1) is 0 Å². The summed E-state index contributed by atoms with van der Waals surface area (Å²) in [6, 6.07) is 7.33. The molecule has 10 atom stereocenters. The van der Waals surface area contributed by atoms with Crippen molar-refractivity contribution < 1.29 is 43.3 Å². The molecule has 49 heavy (non-hydrogen) atoms. The first-order chi connectivity index (χ1) is 23.5. The van der Waals surface area contributed by atoms with Gasteiger partial charge in [-0.05, 0) is 67.4 Å². The number of nitrogens with zero attached hydrogens (tertiary/aromatic N) is 1. The van der Waals surface area contributed by atoms with E-state index >= 15 is 0 Å². The van der Waals surface area contributed by atoms with Gasteiger partial charge in [0.1, 0.15) is 36.6 Å². The topological polar surface area (TPSA) is 148 Å². The van der Waals surface area contributed by atoms with Crippen LogP contribution >= 0.6 is 0 Å². The fourth-order valence-corrected chi connectivity index (χ4v) is 9.95. The summed E-state index contributed by atoms with van der Waals surface area (Å²) in [6.45, 7) is 7.42. The summed E-state index contributed by atoms with van der Waals surface area (Å²) in [5, 5.41) is 16.1. The van der Waals surface area contributed by atoms with E-state index in [0.717, 1.165) is 30.4 Å². The summed E-state index contributed by atoms with van der Waals surface area (Å²) >= 11 is 0. The summed E-state index contributed by atoms with van der Waals surface area (Å²) < 4.78 is 23.8. The van der Waals surface area contributed by atoms with E-state index in [1.807, 2.05) is 12.1 Å². The molecular weight excluding hydrogens is 630 g/mol. The zero-order valence-electron chi connectivity index (χ0n) is 28.7. The fourth-order valence-electron chi connectivity index (χ4n) is 9.95. The second kappa shape index (κ2) is 12.4. The number of aliphatic hydroxyl groups excluding tert-OH is 1. The van der Waals surface area contributed by atoms with Crippen LogP contribution in [0.3, 0.4) is 0 Å². The van der Waals surface area contributed by atoms with Crippen LogP contribution in [-0.2, 0) is 44.7 Å². The van der Waals surface area contributed by atoms with Crippen LogP contribution in [0.2, 0.25) is 0 Å². The average Bonchev–Trinajstić information content (AvgIpc) is 3.36. The predicted octanol–water partition coefficient (Wildman–Crippen LogP) is 2.62. The zero-order chi connectivity index (χ0) is 34.1. The minimum absolute atomic E-state index is 0.0263. The largest absolute Gasteiger partial charge is 0.458 e. The van der Waals surface area contributed by atoms with Gasteiger partial charge in [0.2, 0.25) is 11.8 Å². The maximum Gasteiger partial charge on any atom is 0.327 e. The van der Waals surface area contributed by atoms with Crippen LogP contribution in [0.5, 0.6) is 0 Å². The van der Waals surface area contributed by atoms with Crippen LogP contribution in [0.4, 0.5) is 0 Å². The van der Waals surface area contributed by atoms with E-state index < -0.39 is 41.8 Å². The van der Waals surface area contributed by atoms with Crippen molar-refractivity contribution in [2.45, 2.75) is 114 Å². The van der Waals surface area contributed by atoms with E-state index in [2.05, 4.69) is 49.6 Å². The Morgan fingerprint density at radius 3 is 2.73 bits per heavy atom. The van der Waals surface area contributed by atoms with Crippen molar-refractivity contribution in [3.63, 3.8) is 0 Å². The predicted molar refractivity (Wildman–Crippen MR) is 175 cm³/mol. The van der Waals surface area contributed by atoms with Gasteiger partial charge in [0.25, 0.3) is 0 Å². The second-order valence-electron chi connectivity index (χ2n) is 16.0. The van der Waals surface area contributed by atoms with Gasteiger partial charge in [-0.25, -0.2) is 0 Å². The number of carbonyl (C=O) groups is 3. The van der Waals surface area contributed by atoms with E-state index in [1.165, 1.54) is 18.4 Å². The van der Waals surface area contributed by atoms with Crippen LogP contribution in [0.1, 0.15) is 76.8 Å². The maximum absolute atomic E-state index is 14.1. The molecule has 3 aliphatic carbocycles. The molecule has 7 aliphatic rings. The van der Waals surface area contributed by atoms with Crippen molar-refractivity contribution in [3.05, 3.63) is 41.0 Å². The van der Waals surface area contributed by atoms with Crippen LogP contribution in [0.25, 0.3) is 6.08 Å². The quantitative estimate of drug-likeness (QED) is 0.263. The number of fused-ring (bicyclic) bond motifs is 6. The third-order valence-electron chi connectivity index (χ3n) is 12.6. The van der Waals surface area contributed by atoms with Crippen LogP contribution < -0.4 is 10.6 Å². The number of epoxide rings is 1. The lowest BCUT2D eigenvalue weighted by molar-refractivity contribution is -0.201. The van der Waals surface area contributed by atoms with Crippen LogP contribution in [-0.4, -0.2) is 96.6 Å². The molecule has 3 saturated carbocycles. The van der Waals surface area contributed by atoms with Gasteiger partial charge in [-0.1, -0.05) is 49.8 Å². The van der Waals surface area contributed by atoms with Crippen molar-refractivity contribution in [1.82, 2.24) is 15.7 Å². The molecule has 4 aliphatic heterocycles. The molecule has 3 N–H and O–H groups in total. The lowest BCUT2D eigenvalue weighted by Gasteiger charge is -2.53. The molecule has 0 spiro atoms. The molecule has 0 aromatic heterocycles. The third-order valence-corrected chi connectivity index (χ3v) is 12.6. The van der Waals surface area contributed by atoms with Crippen LogP contribution in [0, 0.1) is 22.7 Å². The van der Waals surface area contributed by atoms with Gasteiger partial charge in [-0.2, -0.15) is 5.06 Å². The molecule has 10 unspecified atom stereocenters. The SMILES string of the molecule is CC1(C)CC2C(=Cc3cccc(CN4OC5C6OCOC6C6CC5(C(=O)NCCC(=O)NCCO)C4C(=O)O6)c3)CCC3OC3(C)CCC21. The smallest absolute Gasteiger partial charge is 0.327 e. The monoisotopic (exact) mass is 679 g/mol. The highest BCUT2D eigenvalue weighted by Gasteiger charge is 2.74. The maximum atomic E-state index is 14.1. The van der Waals surface area contributed by atoms with E-state index in [-0.39, 0.29) is 63.3 Å². The van der Waals surface area contributed by atoms with Gasteiger partial charge in [0, 0.05) is 25.9 Å². The number of esters is 1. The van der Waals surface area contributed by atoms with Crippen molar-refractivity contribution in [1.29, 1.82) is 0 Å². The number of hydrogen-bond donors (Lipinski definition) is 3. The molecular formula is C37H49N3O9. The number of aliphatic hydroxyl groups is 1. The Morgan fingerprint density at radius 1 is 1.08 bits per heavy atom. The van der Waals surface area contributed by atoms with Gasteiger partial charge >= 0.3 is 5.97 Å². The number of allylic oxidation sites excluding steroid dienone is 1. The Morgan fingerprint density at radius 2 is 1.92 bits per heavy atom. The van der Waals surface area contributed by atoms with E-state index in [1.54, 1.807) is 5.06 Å². The molecule has 266 valence electrons. The molecule has 12 heteroatoms. The summed E-state index contributed by atoms with van der Waals surface area (Å²) in [4.78, 5) is 46.5. The third kappa shape index (κ3) is 5.72. The first-order valence-corrected chi connectivity index (χ1v) is 18.0. The summed E-state index contributed by atoms with van der Waals surface area (Å²) in [5.74, 6) is 0.0383. The average molecular weight is 680 g/mol. The van der Waals surface area contributed by atoms with Crippen molar-refractivity contribution in [3.8, 4) is 0 Å². The van der Waals surface area contributed by atoms with Gasteiger partial charge in [0.15, 0.2) is 6.04 Å². The van der Waals surface area contributed by atoms with Gasteiger partial charge in [0.05, 0.1) is 24.9 Å². The molecule has 8 rings (SSSR count). The summed E-state index contributed by atoms with van der Waals surface area (Å²) in [5.41, 5.74) is 2.64. The summed E-state index contributed by atoms with van der Waals surface area (Å²) in [6.07, 6.45) is 6.04. The number of ether oxygens (including phenoxy) is 4. The minimum atomic E-state index is -1.28. The highest BCUT2D eigenvalue weighted by molar-refractivity contribution is 5.93. The molecule has 1 aromatic rings. The minimum Gasteiger partial charge on any atom is -0.458 e. The first kappa shape index (κ1) is 33.3. The lowest BCUT2D eigenvalue weighted by atomic mass is 9.52. The van der Waals surface area contributed by atoms with Crippen molar-refractivity contribution in [2.75, 3.05) is 26.5 Å². The molecule has 1 aromatic carbocycles. The number of rotatable bonds is 9. The molecule has 4 saturated heterocycles. The molecule has 2 bridgehead atoms. The number of hydroxylamine groups is 2. The Labute approximate surface area is 287 Å². The molecule has 4 heterocycles. The Hall–Kier alpha value is -2.87. The molecule has 0 radical (unpaired) electrons. The number of benzene rings is 1. The van der Waals surface area contributed by atoms with Crippen LogP contribution in [0.15, 0.2) is 29.8 Å². The molecule has 2 amide bonds. The number of amides is 2. The summed E-state index contributed by atoms with van der Waals surface area (Å²) in [7, 11) is 0. The fraction of sp³-hybridized carbons (Fsp3) is 0.703. The standard InChI is InChI=1S/C37H49N3O9/c1-35(2)17-24-23(7-8-27-36(3,48-27)11-9-25(24)35)16-21-5-4-6-22(15-21)19-40-31-33(43)47-26-18-37(31,32(49-40)30-29(26)45-20-46-30)34(44)39-12-10-28(42)38-13-14-41/h4-6,15-16,24-27,29-32,41H,7-14,17-20H2,1-3H3,(H,38,42)(H,39,44). The second-order valence-corrected chi connectivity index (χ2v) is 16.0. The molecule has 12 nitrogen and oxygen atoms in total. The van der Waals surface area contributed by atoms with E-state index in [4.69, 9.17) is 28.9 Å². The van der Waals surface area contributed by atoms with E-state index in [0.29, 0.717) is 23.4 Å². The Bertz CT molecular complexity index is 1530. The highest BCUT2D eigenvalue weighted by Crippen LogP contribution is 2.60. The highest BCUT2D eigenvalue weighted by atomic mass is 16.8. The van der Waals surface area contributed by atoms with Gasteiger partial charge < -0.3 is 34.7 Å². The Kier molecular flexibility index (Phi) is 8.43. The van der Waals surface area contributed by atoms with Gasteiger partial charge in [-0.3, -0.25) is 19.2 Å². The number of carbonyl (C=O) groups excluding carboxylic acids is 3. The number of hydrogen-bond acceptors (Lipinski definition) is 10. The Balaban J connectivity index is 1.03. The van der Waals surface area contributed by atoms with Crippen molar-refractivity contribution in [2.24, 2.45) is 22.7 Å². The molecule has 7 fully saturated rings. The zero-order valence-corrected chi connectivity index (χ0v) is 28.7. The lowest BCUT2D eigenvalue weighted by Crippen LogP contribution is -2.69. The normalized spacial score (nSPS) is 40.8. The van der Waals surface area contributed by atoms with E-state index in [9.17, 15) is 14.4 Å². The van der Waals surface area contributed by atoms with Crippen molar-refractivity contribution >= 4 is 23.9 Å².